The molecule has 1 aliphatic rings. The Bertz CT molecular complexity index is 429. The molecule has 3 nitrogen and oxygen atoms in total. The molecule has 0 aromatic heterocycles. The lowest BCUT2D eigenvalue weighted by Crippen LogP contribution is -2.29. The predicted octanol–water partition coefficient (Wildman–Crippen LogP) is 1.79. The highest BCUT2D eigenvalue weighted by Crippen LogP contribution is 2.29. The minimum Gasteiger partial charge on any atom is -0.326 e. The highest BCUT2D eigenvalue weighted by Gasteiger charge is 2.31. The zero-order valence-corrected chi connectivity index (χ0v) is 9.80. The van der Waals surface area contributed by atoms with Crippen LogP contribution in [0, 0.1) is 11.6 Å². The summed E-state index contributed by atoms with van der Waals surface area (Å²) < 4.78 is 27.4. The summed E-state index contributed by atoms with van der Waals surface area (Å²) in [7, 11) is 0. The molecule has 86 valence electrons. The van der Waals surface area contributed by atoms with E-state index in [1.165, 1.54) is 0 Å². The van der Waals surface area contributed by atoms with E-state index in [1.54, 1.807) is 0 Å². The lowest BCUT2D eigenvalue weighted by Gasteiger charge is -2.17. The first kappa shape index (κ1) is 11.5. The van der Waals surface area contributed by atoms with Crippen LogP contribution in [0.1, 0.15) is 6.42 Å². The quantitative estimate of drug-likeness (QED) is 0.857. The number of carbonyl (C=O) groups is 1. The van der Waals surface area contributed by atoms with Gasteiger partial charge in [0.05, 0.1) is 0 Å². The SMILES string of the molecule is NC1CC(=O)N(c2c(F)cc(Br)cc2F)C1. The summed E-state index contributed by atoms with van der Waals surface area (Å²) in [4.78, 5) is 12.5. The summed E-state index contributed by atoms with van der Waals surface area (Å²) in [5, 5.41) is 0. The van der Waals surface area contributed by atoms with Crippen LogP contribution in [0.3, 0.4) is 0 Å². The van der Waals surface area contributed by atoms with Crippen LogP contribution < -0.4 is 10.6 Å². The van der Waals surface area contributed by atoms with E-state index in [0.717, 1.165) is 17.0 Å². The van der Waals surface area contributed by atoms with Crippen LogP contribution in [0.5, 0.6) is 0 Å². The highest BCUT2D eigenvalue weighted by atomic mass is 79.9. The predicted molar refractivity (Wildman–Crippen MR) is 59.0 cm³/mol. The van der Waals surface area contributed by atoms with Crippen LogP contribution in [-0.4, -0.2) is 18.5 Å². The fourth-order valence-corrected chi connectivity index (χ4v) is 2.15. The molecule has 1 atom stereocenters. The van der Waals surface area contributed by atoms with E-state index < -0.39 is 11.6 Å². The molecule has 0 spiro atoms. The maximum Gasteiger partial charge on any atom is 0.228 e. The van der Waals surface area contributed by atoms with E-state index in [1.807, 2.05) is 0 Å². The fourth-order valence-electron chi connectivity index (χ4n) is 1.74. The highest BCUT2D eigenvalue weighted by molar-refractivity contribution is 9.10. The number of carbonyl (C=O) groups excluding carboxylic acids is 1. The number of hydrogen-bond acceptors (Lipinski definition) is 2. The minimum atomic E-state index is -0.769. The van der Waals surface area contributed by atoms with E-state index in [9.17, 15) is 13.6 Å². The van der Waals surface area contributed by atoms with Gasteiger partial charge in [0, 0.05) is 23.5 Å². The molecule has 1 amide bonds. The van der Waals surface area contributed by atoms with Crippen LogP contribution in [0.4, 0.5) is 14.5 Å². The Balaban J connectivity index is 2.44. The van der Waals surface area contributed by atoms with Gasteiger partial charge in [-0.05, 0) is 12.1 Å². The first-order valence-corrected chi connectivity index (χ1v) is 5.49. The number of nitrogens with two attached hydrogens (primary N) is 1. The van der Waals surface area contributed by atoms with Crippen molar-refractivity contribution in [3.8, 4) is 0 Å². The third-order valence-corrected chi connectivity index (χ3v) is 2.86. The minimum absolute atomic E-state index is 0.120. The molecule has 6 heteroatoms. The molecule has 2 N–H and O–H groups in total. The zero-order valence-electron chi connectivity index (χ0n) is 8.21. The van der Waals surface area contributed by atoms with Crippen molar-refractivity contribution in [1.29, 1.82) is 0 Å². The van der Waals surface area contributed by atoms with Gasteiger partial charge in [-0.25, -0.2) is 8.78 Å². The average Bonchev–Trinajstić information content (AvgIpc) is 2.43. The van der Waals surface area contributed by atoms with E-state index in [4.69, 9.17) is 5.73 Å². The Hall–Kier alpha value is -1.01. The number of halogens is 3. The molecule has 0 bridgehead atoms. The van der Waals surface area contributed by atoms with Gasteiger partial charge in [0.1, 0.15) is 5.69 Å². The number of nitrogens with zero attached hydrogens (tertiary/aromatic N) is 1. The van der Waals surface area contributed by atoms with Gasteiger partial charge in [-0.2, -0.15) is 0 Å². The van der Waals surface area contributed by atoms with Crippen molar-refractivity contribution >= 4 is 27.5 Å². The molecule has 1 aromatic rings. The number of hydrogen-bond donors (Lipinski definition) is 1. The molecule has 0 radical (unpaired) electrons. The van der Waals surface area contributed by atoms with Crippen molar-refractivity contribution in [3.63, 3.8) is 0 Å². The molecule has 1 saturated heterocycles. The molecule has 1 aromatic carbocycles. The summed E-state index contributed by atoms with van der Waals surface area (Å²) in [5.41, 5.74) is 5.25. The van der Waals surface area contributed by atoms with Crippen LogP contribution in [0.2, 0.25) is 0 Å². The van der Waals surface area contributed by atoms with Gasteiger partial charge in [0.25, 0.3) is 0 Å². The van der Waals surface area contributed by atoms with Crippen LogP contribution >= 0.6 is 15.9 Å². The third kappa shape index (κ3) is 1.94. The molecule has 1 fully saturated rings. The Morgan fingerprint density at radius 1 is 1.38 bits per heavy atom. The van der Waals surface area contributed by atoms with Gasteiger partial charge in [-0.3, -0.25) is 4.79 Å². The van der Waals surface area contributed by atoms with Gasteiger partial charge in [-0.1, -0.05) is 15.9 Å². The summed E-state index contributed by atoms with van der Waals surface area (Å²) in [6.07, 6.45) is 0.120. The second-order valence-electron chi connectivity index (χ2n) is 3.69. The fraction of sp³-hybridized carbons (Fsp3) is 0.300. The Morgan fingerprint density at radius 2 is 1.94 bits per heavy atom. The van der Waals surface area contributed by atoms with Crippen molar-refractivity contribution in [2.24, 2.45) is 5.73 Å². The van der Waals surface area contributed by atoms with Crippen molar-refractivity contribution in [2.45, 2.75) is 12.5 Å². The summed E-state index contributed by atoms with van der Waals surface area (Å²) in [6, 6.07) is 1.88. The van der Waals surface area contributed by atoms with Gasteiger partial charge in [0.15, 0.2) is 11.6 Å². The molecule has 1 unspecified atom stereocenters. The lowest BCUT2D eigenvalue weighted by molar-refractivity contribution is -0.117. The lowest BCUT2D eigenvalue weighted by atomic mass is 10.2. The van der Waals surface area contributed by atoms with E-state index in [0.29, 0.717) is 4.47 Å². The molecule has 1 heterocycles. The second-order valence-corrected chi connectivity index (χ2v) is 4.60. The summed E-state index contributed by atoms with van der Waals surface area (Å²) >= 11 is 2.97. The Labute approximate surface area is 99.3 Å². The molecular formula is C10H9BrF2N2O. The van der Waals surface area contributed by atoms with Crippen molar-refractivity contribution in [3.05, 3.63) is 28.2 Å². The van der Waals surface area contributed by atoms with Crippen LogP contribution in [-0.2, 0) is 4.79 Å². The monoisotopic (exact) mass is 290 g/mol. The number of anilines is 1. The molecule has 2 rings (SSSR count). The van der Waals surface area contributed by atoms with Gasteiger partial charge < -0.3 is 10.6 Å². The standard InChI is InChI=1S/C10H9BrF2N2O/c11-5-1-7(12)10(8(13)2-5)15-4-6(14)3-9(15)16/h1-2,6H,3-4,14H2. The van der Waals surface area contributed by atoms with Crippen LogP contribution in [0.25, 0.3) is 0 Å². The largest absolute Gasteiger partial charge is 0.326 e. The number of benzene rings is 1. The molecule has 0 aliphatic carbocycles. The maximum atomic E-state index is 13.6. The summed E-state index contributed by atoms with van der Waals surface area (Å²) in [5.74, 6) is -1.89. The maximum absolute atomic E-state index is 13.6. The van der Waals surface area contributed by atoms with Crippen molar-refractivity contribution < 1.29 is 13.6 Å². The molecular weight excluding hydrogens is 282 g/mol. The van der Waals surface area contributed by atoms with Gasteiger partial charge in [0.2, 0.25) is 5.91 Å². The van der Waals surface area contributed by atoms with E-state index in [-0.39, 0.29) is 30.6 Å². The molecule has 1 aliphatic heterocycles. The average molecular weight is 291 g/mol. The topological polar surface area (TPSA) is 46.3 Å². The molecule has 0 saturated carbocycles. The second kappa shape index (κ2) is 4.10. The Kier molecular flexibility index (Phi) is 2.94. The molecule has 16 heavy (non-hydrogen) atoms. The smallest absolute Gasteiger partial charge is 0.228 e. The zero-order chi connectivity index (χ0) is 11.9. The van der Waals surface area contributed by atoms with E-state index >= 15 is 0 Å². The third-order valence-electron chi connectivity index (χ3n) is 2.41. The number of rotatable bonds is 1. The first-order valence-electron chi connectivity index (χ1n) is 4.69. The van der Waals surface area contributed by atoms with Gasteiger partial charge in [-0.15, -0.1) is 0 Å². The van der Waals surface area contributed by atoms with Gasteiger partial charge >= 0.3 is 0 Å². The van der Waals surface area contributed by atoms with Crippen molar-refractivity contribution in [1.82, 2.24) is 0 Å². The van der Waals surface area contributed by atoms with Crippen molar-refractivity contribution in [2.75, 3.05) is 11.4 Å². The summed E-state index contributed by atoms with van der Waals surface area (Å²) in [6.45, 7) is 0.147. The normalized spacial score (nSPS) is 20.6. The number of amides is 1. The first-order chi connectivity index (χ1) is 7.49. The van der Waals surface area contributed by atoms with E-state index in [2.05, 4.69) is 15.9 Å². The van der Waals surface area contributed by atoms with Crippen LogP contribution in [0.15, 0.2) is 16.6 Å². The Morgan fingerprint density at radius 3 is 2.38 bits per heavy atom.